The molecule has 4 aliphatic rings. The van der Waals surface area contributed by atoms with Crippen molar-refractivity contribution in [2.24, 2.45) is 14.1 Å². The number of nitrogens with one attached hydrogen (secondary N) is 2. The second-order valence-corrected chi connectivity index (χ2v) is 14.3. The molecule has 0 radical (unpaired) electrons. The maximum absolute atomic E-state index is 6.48. The van der Waals surface area contributed by atoms with Crippen molar-refractivity contribution in [1.29, 1.82) is 0 Å². The molecule has 0 aliphatic carbocycles. The van der Waals surface area contributed by atoms with Crippen LogP contribution in [0.3, 0.4) is 0 Å². The number of nitrogens with zero attached hydrogens (tertiary/aromatic N) is 8. The molecule has 6 heterocycles. The summed E-state index contributed by atoms with van der Waals surface area (Å²) in [6.07, 6.45) is 8.52. The van der Waals surface area contributed by atoms with Gasteiger partial charge in [-0.3, -0.25) is 0 Å². The third kappa shape index (κ3) is 6.58. The lowest BCUT2D eigenvalue weighted by Crippen LogP contribution is -2.46. The molecule has 0 amide bonds. The lowest BCUT2D eigenvalue weighted by Gasteiger charge is -2.40. The van der Waals surface area contributed by atoms with Crippen LogP contribution in [0.15, 0.2) is 109 Å². The number of ether oxygens (including phenoxy) is 2. The first-order valence-electron chi connectivity index (χ1n) is 18.6. The van der Waals surface area contributed by atoms with Gasteiger partial charge in [0.15, 0.2) is 5.82 Å². The minimum Gasteiger partial charge on any atom is -0.482 e. The second-order valence-electron chi connectivity index (χ2n) is 14.3. The van der Waals surface area contributed by atoms with Crippen molar-refractivity contribution in [2.75, 3.05) is 26.2 Å². The van der Waals surface area contributed by atoms with Gasteiger partial charge in [-0.15, -0.1) is 15.3 Å². The first kappa shape index (κ1) is 33.8. The van der Waals surface area contributed by atoms with Crippen molar-refractivity contribution < 1.29 is 9.47 Å². The topological polar surface area (TPSA) is 130 Å². The summed E-state index contributed by atoms with van der Waals surface area (Å²) < 4.78 is 14.7. The predicted octanol–water partition coefficient (Wildman–Crippen LogP) is 5.65. The van der Waals surface area contributed by atoms with Gasteiger partial charge < -0.3 is 20.1 Å². The highest BCUT2D eigenvalue weighted by Crippen LogP contribution is 2.44. The summed E-state index contributed by atoms with van der Waals surface area (Å²) >= 11 is 0. The molecular formula is C42H42N10O2. The quantitative estimate of drug-likeness (QED) is 0.236. The SMILES string of the molecule is Cn1nnc(-c2cccc(C3=CC4(CCNCC4)Oc4ccccc43)c2)n1.Cn1nnnc1-c1cccc(C2=CC3(CCNCC3)Oc3ccccc32)c1. The van der Waals surface area contributed by atoms with E-state index in [1.165, 1.54) is 15.9 Å². The number of tetrazole rings is 2. The fourth-order valence-corrected chi connectivity index (χ4v) is 7.93. The van der Waals surface area contributed by atoms with Gasteiger partial charge in [-0.1, -0.05) is 72.8 Å². The standard InChI is InChI=1S/2C21H21N5O/c1-26-20(23-24-25-26)16-6-4-5-15(13-16)18-14-21(9-11-22-12-10-21)27-19-8-3-2-7-17(18)19;1-26-24-20(23-25-26)16-6-4-5-15(13-16)18-14-21(9-11-22-12-10-21)27-19-8-3-2-7-17(18)19/h2*2-8,13-14,22H,9-12H2,1H3. The summed E-state index contributed by atoms with van der Waals surface area (Å²) in [7, 11) is 3.63. The van der Waals surface area contributed by atoms with Gasteiger partial charge in [0.25, 0.3) is 0 Å². The van der Waals surface area contributed by atoms with Gasteiger partial charge in [0.2, 0.25) is 5.82 Å². The van der Waals surface area contributed by atoms with Crippen LogP contribution in [-0.4, -0.2) is 77.8 Å². The molecule has 2 fully saturated rings. The summed E-state index contributed by atoms with van der Waals surface area (Å²) in [6.45, 7) is 3.87. The van der Waals surface area contributed by atoms with Gasteiger partial charge in [-0.05, 0) is 101 Å². The Balaban J connectivity index is 0.000000142. The Kier molecular flexibility index (Phi) is 8.84. The molecule has 4 aliphatic heterocycles. The first-order chi connectivity index (χ1) is 26.5. The average Bonchev–Trinajstić information content (AvgIpc) is 3.86. The number of para-hydroxylation sites is 2. The number of aromatic nitrogens is 8. The highest BCUT2D eigenvalue weighted by molar-refractivity contribution is 5.87. The van der Waals surface area contributed by atoms with E-state index >= 15 is 0 Å². The molecule has 2 saturated heterocycles. The normalized spacial score (nSPS) is 17.9. The Hall–Kier alpha value is -5.98. The molecule has 2 spiro atoms. The zero-order valence-electron chi connectivity index (χ0n) is 30.4. The van der Waals surface area contributed by atoms with Crippen LogP contribution in [0.1, 0.15) is 47.9 Å². The summed E-state index contributed by atoms with van der Waals surface area (Å²) in [6, 6.07) is 33.4. The lowest BCUT2D eigenvalue weighted by atomic mass is 9.83. The second kappa shape index (κ2) is 14.1. The van der Waals surface area contributed by atoms with Gasteiger partial charge in [-0.25, -0.2) is 4.68 Å². The van der Waals surface area contributed by atoms with Crippen molar-refractivity contribution in [1.82, 2.24) is 51.0 Å². The van der Waals surface area contributed by atoms with E-state index in [0.29, 0.717) is 5.82 Å². The van der Waals surface area contributed by atoms with Crippen LogP contribution in [0.5, 0.6) is 11.5 Å². The van der Waals surface area contributed by atoms with E-state index in [1.54, 1.807) is 11.7 Å². The molecule has 12 heteroatoms. The Morgan fingerprint density at radius 2 is 1.09 bits per heavy atom. The smallest absolute Gasteiger partial charge is 0.204 e. The van der Waals surface area contributed by atoms with Gasteiger partial charge in [0, 0.05) is 55.0 Å². The molecule has 54 heavy (non-hydrogen) atoms. The van der Waals surface area contributed by atoms with Crippen molar-refractivity contribution in [3.8, 4) is 34.3 Å². The lowest BCUT2D eigenvalue weighted by molar-refractivity contribution is 0.0814. The zero-order valence-corrected chi connectivity index (χ0v) is 30.4. The summed E-state index contributed by atoms with van der Waals surface area (Å²) in [5, 5.41) is 31.2. The highest BCUT2D eigenvalue weighted by atomic mass is 16.5. The maximum Gasteiger partial charge on any atom is 0.204 e. The molecule has 6 aromatic rings. The molecule has 0 unspecified atom stereocenters. The van der Waals surface area contributed by atoms with Gasteiger partial charge in [-0.2, -0.15) is 4.80 Å². The molecule has 4 aromatic carbocycles. The Bertz CT molecular complexity index is 2360. The maximum atomic E-state index is 6.48. The number of benzene rings is 4. The average molecular weight is 719 g/mol. The Labute approximate surface area is 313 Å². The van der Waals surface area contributed by atoms with Gasteiger partial charge in [0.05, 0.1) is 7.05 Å². The third-order valence-electron chi connectivity index (χ3n) is 10.7. The van der Waals surface area contributed by atoms with E-state index in [4.69, 9.17) is 9.47 Å². The molecule has 12 nitrogen and oxygen atoms in total. The van der Waals surface area contributed by atoms with Crippen LogP contribution in [-0.2, 0) is 14.1 Å². The van der Waals surface area contributed by atoms with Crippen molar-refractivity contribution >= 4 is 11.1 Å². The minimum atomic E-state index is -0.240. The largest absolute Gasteiger partial charge is 0.482 e. The van der Waals surface area contributed by atoms with Crippen LogP contribution in [0.25, 0.3) is 33.9 Å². The molecule has 2 N–H and O–H groups in total. The van der Waals surface area contributed by atoms with E-state index < -0.39 is 0 Å². The predicted molar refractivity (Wildman–Crippen MR) is 206 cm³/mol. The zero-order chi connectivity index (χ0) is 36.5. The van der Waals surface area contributed by atoms with Crippen LogP contribution >= 0.6 is 0 Å². The molecule has 272 valence electrons. The molecule has 0 atom stereocenters. The number of aryl methyl sites for hydroxylation is 2. The Morgan fingerprint density at radius 1 is 0.574 bits per heavy atom. The highest BCUT2D eigenvalue weighted by Gasteiger charge is 2.38. The number of rotatable bonds is 4. The first-order valence-corrected chi connectivity index (χ1v) is 18.6. The molecular weight excluding hydrogens is 677 g/mol. The molecule has 10 rings (SSSR count). The molecule has 2 aromatic heterocycles. The van der Waals surface area contributed by atoms with E-state index in [0.717, 1.165) is 103 Å². The fourth-order valence-electron chi connectivity index (χ4n) is 7.93. The van der Waals surface area contributed by atoms with E-state index in [2.05, 4.69) is 127 Å². The number of hydrogen-bond donors (Lipinski definition) is 2. The van der Waals surface area contributed by atoms with Crippen LogP contribution < -0.4 is 20.1 Å². The number of hydrogen-bond acceptors (Lipinski definition) is 10. The van der Waals surface area contributed by atoms with Crippen LogP contribution in [0, 0.1) is 0 Å². The minimum absolute atomic E-state index is 0.239. The summed E-state index contributed by atoms with van der Waals surface area (Å²) in [5.74, 6) is 3.31. The van der Waals surface area contributed by atoms with E-state index in [9.17, 15) is 0 Å². The van der Waals surface area contributed by atoms with Crippen molar-refractivity contribution in [3.05, 3.63) is 131 Å². The van der Waals surface area contributed by atoms with Crippen LogP contribution in [0.4, 0.5) is 0 Å². The van der Waals surface area contributed by atoms with Crippen molar-refractivity contribution in [2.45, 2.75) is 36.9 Å². The summed E-state index contributed by atoms with van der Waals surface area (Å²) in [4.78, 5) is 1.48. The summed E-state index contributed by atoms with van der Waals surface area (Å²) in [5.41, 5.74) is 8.49. The molecule has 0 saturated carbocycles. The third-order valence-corrected chi connectivity index (χ3v) is 10.7. The number of fused-ring (bicyclic) bond motifs is 2. The van der Waals surface area contributed by atoms with Gasteiger partial charge in [0.1, 0.15) is 22.7 Å². The monoisotopic (exact) mass is 718 g/mol. The number of piperidine rings is 2. The van der Waals surface area contributed by atoms with Crippen LogP contribution in [0.2, 0.25) is 0 Å². The van der Waals surface area contributed by atoms with Gasteiger partial charge >= 0.3 is 0 Å². The van der Waals surface area contributed by atoms with E-state index in [-0.39, 0.29) is 11.2 Å². The fraction of sp³-hybridized carbons (Fsp3) is 0.286. The van der Waals surface area contributed by atoms with Crippen molar-refractivity contribution in [3.63, 3.8) is 0 Å². The molecule has 0 bridgehead atoms. The Morgan fingerprint density at radius 3 is 1.61 bits per heavy atom. The van der Waals surface area contributed by atoms with E-state index in [1.807, 2.05) is 31.3 Å².